The maximum absolute atomic E-state index is 9.22. The van der Waals surface area contributed by atoms with E-state index in [1.807, 2.05) is 12.1 Å². The zero-order valence-corrected chi connectivity index (χ0v) is 10.7. The molecule has 1 aromatic rings. The summed E-state index contributed by atoms with van der Waals surface area (Å²) in [6.45, 7) is 6.56. The van der Waals surface area contributed by atoms with Crippen molar-refractivity contribution in [3.63, 3.8) is 0 Å². The Bertz CT molecular complexity index is 431. The second-order valence-electron chi connectivity index (χ2n) is 4.95. The summed E-state index contributed by atoms with van der Waals surface area (Å²) in [5.41, 5.74) is 3.20. The van der Waals surface area contributed by atoms with Crippen LogP contribution >= 0.6 is 0 Å². The molecule has 0 spiro atoms. The fourth-order valence-electron chi connectivity index (χ4n) is 2.77. The van der Waals surface area contributed by atoms with E-state index in [1.165, 1.54) is 24.8 Å². The highest BCUT2D eigenvalue weighted by molar-refractivity contribution is 5.64. The van der Waals surface area contributed by atoms with Gasteiger partial charge >= 0.3 is 0 Å². The van der Waals surface area contributed by atoms with Crippen LogP contribution in [0.4, 0.5) is 5.69 Å². The molecule has 1 saturated heterocycles. The lowest BCUT2D eigenvalue weighted by molar-refractivity contribution is 0.404. The lowest BCUT2D eigenvalue weighted by Crippen LogP contribution is -2.36. The van der Waals surface area contributed by atoms with Crippen molar-refractivity contribution in [3.8, 4) is 6.07 Å². The number of benzene rings is 1. The molecule has 1 aromatic carbocycles. The number of anilines is 1. The van der Waals surface area contributed by atoms with Gasteiger partial charge in [-0.2, -0.15) is 5.26 Å². The van der Waals surface area contributed by atoms with E-state index in [-0.39, 0.29) is 0 Å². The zero-order chi connectivity index (χ0) is 12.3. The number of aryl methyl sites for hydroxylation is 1. The van der Waals surface area contributed by atoms with E-state index >= 15 is 0 Å². The monoisotopic (exact) mass is 228 g/mol. The van der Waals surface area contributed by atoms with Crippen LogP contribution < -0.4 is 4.90 Å². The Morgan fingerprint density at radius 2 is 2.29 bits per heavy atom. The number of para-hydroxylation sites is 1. The van der Waals surface area contributed by atoms with Crippen LogP contribution in [-0.4, -0.2) is 13.1 Å². The minimum atomic E-state index is 0.787. The lowest BCUT2D eigenvalue weighted by atomic mass is 9.94. The first-order chi connectivity index (χ1) is 8.26. The van der Waals surface area contributed by atoms with Crippen molar-refractivity contribution in [3.05, 3.63) is 29.3 Å². The molecule has 1 fully saturated rings. The summed E-state index contributed by atoms with van der Waals surface area (Å²) in [6.07, 6.45) is 3.82. The van der Waals surface area contributed by atoms with Crippen molar-refractivity contribution >= 4 is 5.69 Å². The van der Waals surface area contributed by atoms with Gasteiger partial charge in [-0.1, -0.05) is 25.5 Å². The van der Waals surface area contributed by atoms with Gasteiger partial charge in [-0.05, 0) is 37.3 Å². The predicted octanol–water partition coefficient (Wildman–Crippen LogP) is 3.49. The molecule has 1 aliphatic rings. The molecule has 2 rings (SSSR count). The average molecular weight is 228 g/mol. The maximum Gasteiger partial charge on any atom is 0.101 e. The molecule has 2 heteroatoms. The smallest absolute Gasteiger partial charge is 0.101 e. The Hall–Kier alpha value is -1.49. The SMILES string of the molecule is CCC1CCCN(c2c(C)cccc2C#N)C1. The van der Waals surface area contributed by atoms with Gasteiger partial charge in [-0.15, -0.1) is 0 Å². The Balaban J connectivity index is 2.30. The van der Waals surface area contributed by atoms with Crippen LogP contribution in [0.15, 0.2) is 18.2 Å². The molecule has 0 radical (unpaired) electrons. The largest absolute Gasteiger partial charge is 0.370 e. The second-order valence-corrected chi connectivity index (χ2v) is 4.95. The van der Waals surface area contributed by atoms with Crippen molar-refractivity contribution in [2.75, 3.05) is 18.0 Å². The van der Waals surface area contributed by atoms with Gasteiger partial charge in [0.15, 0.2) is 0 Å². The van der Waals surface area contributed by atoms with Crippen LogP contribution in [0.25, 0.3) is 0 Å². The maximum atomic E-state index is 9.22. The summed E-state index contributed by atoms with van der Waals surface area (Å²) in [7, 11) is 0. The number of nitriles is 1. The predicted molar refractivity (Wildman–Crippen MR) is 71.1 cm³/mol. The molecule has 0 N–H and O–H groups in total. The first-order valence-electron chi connectivity index (χ1n) is 6.51. The number of hydrogen-bond acceptors (Lipinski definition) is 2. The molecule has 1 unspecified atom stereocenters. The molecule has 0 amide bonds. The van der Waals surface area contributed by atoms with Gasteiger partial charge in [0.25, 0.3) is 0 Å². The minimum Gasteiger partial charge on any atom is -0.370 e. The van der Waals surface area contributed by atoms with E-state index in [4.69, 9.17) is 0 Å². The van der Waals surface area contributed by atoms with Gasteiger partial charge in [0.1, 0.15) is 6.07 Å². The second kappa shape index (κ2) is 5.23. The fourth-order valence-corrected chi connectivity index (χ4v) is 2.77. The molecule has 0 saturated carbocycles. The average Bonchev–Trinajstić information content (AvgIpc) is 2.38. The van der Waals surface area contributed by atoms with Gasteiger partial charge in [0.05, 0.1) is 11.3 Å². The summed E-state index contributed by atoms with van der Waals surface area (Å²) in [5.74, 6) is 0.787. The van der Waals surface area contributed by atoms with E-state index in [9.17, 15) is 5.26 Å². The topological polar surface area (TPSA) is 27.0 Å². The molecule has 1 atom stereocenters. The van der Waals surface area contributed by atoms with Gasteiger partial charge in [-0.3, -0.25) is 0 Å². The van der Waals surface area contributed by atoms with E-state index in [2.05, 4.69) is 30.9 Å². The normalized spacial score (nSPS) is 20.1. The van der Waals surface area contributed by atoms with Crippen molar-refractivity contribution in [1.82, 2.24) is 0 Å². The third-order valence-electron chi connectivity index (χ3n) is 3.77. The Morgan fingerprint density at radius 3 is 3.00 bits per heavy atom. The summed E-state index contributed by atoms with van der Waals surface area (Å²) in [4.78, 5) is 2.41. The van der Waals surface area contributed by atoms with Gasteiger partial charge in [0, 0.05) is 13.1 Å². The third-order valence-corrected chi connectivity index (χ3v) is 3.77. The minimum absolute atomic E-state index is 0.787. The Morgan fingerprint density at radius 1 is 1.47 bits per heavy atom. The molecule has 2 nitrogen and oxygen atoms in total. The van der Waals surface area contributed by atoms with E-state index in [1.54, 1.807) is 0 Å². The molecule has 0 aliphatic carbocycles. The summed E-state index contributed by atoms with van der Waals surface area (Å²) in [6, 6.07) is 8.33. The Kier molecular flexibility index (Phi) is 3.68. The van der Waals surface area contributed by atoms with Crippen LogP contribution in [0, 0.1) is 24.2 Å². The zero-order valence-electron chi connectivity index (χ0n) is 10.7. The quantitative estimate of drug-likeness (QED) is 0.774. The van der Waals surface area contributed by atoms with E-state index < -0.39 is 0 Å². The van der Waals surface area contributed by atoms with Crippen LogP contribution in [0.3, 0.4) is 0 Å². The van der Waals surface area contributed by atoms with E-state index in [0.29, 0.717) is 0 Å². The molecule has 90 valence electrons. The molecular formula is C15H20N2. The van der Waals surface area contributed by atoms with Crippen LogP contribution in [0.1, 0.15) is 37.3 Å². The first kappa shape index (κ1) is 12.0. The fraction of sp³-hybridized carbons (Fsp3) is 0.533. The Labute approximate surface area is 104 Å². The highest BCUT2D eigenvalue weighted by Crippen LogP contribution is 2.30. The standard InChI is InChI=1S/C15H20N2/c1-3-13-7-5-9-17(11-13)15-12(2)6-4-8-14(15)10-16/h4,6,8,13H,3,5,7,9,11H2,1-2H3. The summed E-state index contributed by atoms with van der Waals surface area (Å²) >= 11 is 0. The van der Waals surface area contributed by atoms with Crippen LogP contribution in [0.5, 0.6) is 0 Å². The highest BCUT2D eigenvalue weighted by Gasteiger charge is 2.21. The molecule has 1 aliphatic heterocycles. The van der Waals surface area contributed by atoms with E-state index in [0.717, 1.165) is 30.3 Å². The van der Waals surface area contributed by atoms with Crippen molar-refractivity contribution in [2.45, 2.75) is 33.1 Å². The van der Waals surface area contributed by atoms with Crippen LogP contribution in [-0.2, 0) is 0 Å². The van der Waals surface area contributed by atoms with Gasteiger partial charge < -0.3 is 4.90 Å². The van der Waals surface area contributed by atoms with Crippen LogP contribution in [0.2, 0.25) is 0 Å². The van der Waals surface area contributed by atoms with Gasteiger partial charge in [0.2, 0.25) is 0 Å². The molecule has 0 bridgehead atoms. The molecule has 1 heterocycles. The summed E-state index contributed by atoms with van der Waals surface area (Å²) in [5, 5.41) is 9.22. The lowest BCUT2D eigenvalue weighted by Gasteiger charge is -2.35. The number of rotatable bonds is 2. The molecule has 17 heavy (non-hydrogen) atoms. The number of hydrogen-bond donors (Lipinski definition) is 0. The first-order valence-corrected chi connectivity index (χ1v) is 6.51. The van der Waals surface area contributed by atoms with Crippen molar-refractivity contribution in [2.24, 2.45) is 5.92 Å². The number of piperidine rings is 1. The van der Waals surface area contributed by atoms with Gasteiger partial charge in [-0.25, -0.2) is 0 Å². The summed E-state index contributed by atoms with van der Waals surface area (Å²) < 4.78 is 0. The highest BCUT2D eigenvalue weighted by atomic mass is 15.1. The van der Waals surface area contributed by atoms with Crippen molar-refractivity contribution < 1.29 is 0 Å². The molecule has 0 aromatic heterocycles. The molecular weight excluding hydrogens is 208 g/mol. The van der Waals surface area contributed by atoms with Crippen molar-refractivity contribution in [1.29, 1.82) is 5.26 Å². The number of nitrogens with zero attached hydrogens (tertiary/aromatic N) is 2. The third kappa shape index (κ3) is 2.44.